The van der Waals surface area contributed by atoms with Gasteiger partial charge in [-0.1, -0.05) is 46.3 Å². The number of hydrogen-bond acceptors (Lipinski definition) is 2. The van der Waals surface area contributed by atoms with E-state index in [9.17, 15) is 0 Å². The van der Waals surface area contributed by atoms with Gasteiger partial charge in [-0.15, -0.1) is 0 Å². The Kier molecular flexibility index (Phi) is 6.27. The van der Waals surface area contributed by atoms with E-state index in [4.69, 9.17) is 4.74 Å². The van der Waals surface area contributed by atoms with Crippen LogP contribution in [0.3, 0.4) is 0 Å². The van der Waals surface area contributed by atoms with Gasteiger partial charge in [0.05, 0.1) is 7.11 Å². The van der Waals surface area contributed by atoms with Crippen molar-refractivity contribution in [3.63, 3.8) is 0 Å². The summed E-state index contributed by atoms with van der Waals surface area (Å²) in [7, 11) is 3.75. The molecule has 21 heavy (non-hydrogen) atoms. The van der Waals surface area contributed by atoms with Crippen LogP contribution in [0.2, 0.25) is 0 Å². The van der Waals surface area contributed by atoms with Crippen LogP contribution in [0.15, 0.2) is 53.0 Å². The SMILES string of the molecule is CNCC(Cc1ccc(Br)cc1)Cc1ccccc1OC. The molecule has 0 amide bonds. The van der Waals surface area contributed by atoms with E-state index in [1.165, 1.54) is 11.1 Å². The molecule has 0 aliphatic carbocycles. The molecule has 0 fully saturated rings. The molecular formula is C18H22BrNO. The molecule has 1 unspecified atom stereocenters. The number of nitrogens with one attached hydrogen (secondary N) is 1. The van der Waals surface area contributed by atoms with Gasteiger partial charge in [0, 0.05) is 4.47 Å². The lowest BCUT2D eigenvalue weighted by Gasteiger charge is -2.18. The van der Waals surface area contributed by atoms with Crippen LogP contribution in [-0.2, 0) is 12.8 Å². The Morgan fingerprint density at radius 1 is 1.05 bits per heavy atom. The maximum Gasteiger partial charge on any atom is 0.122 e. The maximum atomic E-state index is 5.46. The number of benzene rings is 2. The molecule has 2 nitrogen and oxygen atoms in total. The first-order valence-electron chi connectivity index (χ1n) is 7.24. The van der Waals surface area contributed by atoms with E-state index in [1.807, 2.05) is 19.2 Å². The lowest BCUT2D eigenvalue weighted by atomic mass is 9.92. The maximum absolute atomic E-state index is 5.46. The van der Waals surface area contributed by atoms with Crippen LogP contribution in [0.1, 0.15) is 11.1 Å². The smallest absolute Gasteiger partial charge is 0.122 e. The molecule has 2 aromatic carbocycles. The van der Waals surface area contributed by atoms with E-state index in [-0.39, 0.29) is 0 Å². The summed E-state index contributed by atoms with van der Waals surface area (Å²) < 4.78 is 6.59. The quantitative estimate of drug-likeness (QED) is 0.814. The number of rotatable bonds is 7. The number of ether oxygens (including phenoxy) is 1. The molecule has 0 bridgehead atoms. The summed E-state index contributed by atoms with van der Waals surface area (Å²) in [6.07, 6.45) is 2.08. The molecule has 0 aliphatic heterocycles. The molecule has 0 aromatic heterocycles. The zero-order chi connectivity index (χ0) is 15.1. The van der Waals surface area contributed by atoms with Crippen LogP contribution < -0.4 is 10.1 Å². The number of hydrogen-bond donors (Lipinski definition) is 1. The van der Waals surface area contributed by atoms with Crippen LogP contribution in [0.4, 0.5) is 0 Å². The summed E-state index contributed by atoms with van der Waals surface area (Å²) in [5.41, 5.74) is 2.64. The molecule has 0 aliphatic rings. The summed E-state index contributed by atoms with van der Waals surface area (Å²) >= 11 is 3.49. The van der Waals surface area contributed by atoms with Crippen molar-refractivity contribution in [3.05, 3.63) is 64.1 Å². The fourth-order valence-electron chi connectivity index (χ4n) is 2.64. The summed E-state index contributed by atoms with van der Waals surface area (Å²) in [4.78, 5) is 0. The second-order valence-electron chi connectivity index (χ2n) is 5.27. The normalized spacial score (nSPS) is 12.1. The van der Waals surface area contributed by atoms with Crippen molar-refractivity contribution in [1.82, 2.24) is 5.32 Å². The highest BCUT2D eigenvalue weighted by atomic mass is 79.9. The fraction of sp³-hybridized carbons (Fsp3) is 0.333. The third-order valence-electron chi connectivity index (χ3n) is 3.63. The van der Waals surface area contributed by atoms with Gasteiger partial charge in [0.15, 0.2) is 0 Å². The lowest BCUT2D eigenvalue weighted by molar-refractivity contribution is 0.402. The largest absolute Gasteiger partial charge is 0.496 e. The molecule has 0 radical (unpaired) electrons. The van der Waals surface area contributed by atoms with Crippen molar-refractivity contribution in [3.8, 4) is 5.75 Å². The van der Waals surface area contributed by atoms with E-state index in [0.717, 1.165) is 29.6 Å². The minimum absolute atomic E-state index is 0.549. The van der Waals surface area contributed by atoms with Gasteiger partial charge in [-0.05, 0) is 61.7 Å². The number of methoxy groups -OCH3 is 1. The molecule has 0 saturated carbocycles. The molecular weight excluding hydrogens is 326 g/mol. The summed E-state index contributed by atoms with van der Waals surface area (Å²) in [5.74, 6) is 1.53. The minimum atomic E-state index is 0.549. The van der Waals surface area contributed by atoms with Crippen molar-refractivity contribution < 1.29 is 4.74 Å². The second kappa shape index (κ2) is 8.20. The highest BCUT2D eigenvalue weighted by molar-refractivity contribution is 9.10. The molecule has 112 valence electrons. The first kappa shape index (κ1) is 16.1. The molecule has 1 N–H and O–H groups in total. The van der Waals surface area contributed by atoms with Gasteiger partial charge in [0.2, 0.25) is 0 Å². The third-order valence-corrected chi connectivity index (χ3v) is 4.16. The Morgan fingerprint density at radius 3 is 2.43 bits per heavy atom. The van der Waals surface area contributed by atoms with E-state index < -0.39 is 0 Å². The molecule has 3 heteroatoms. The van der Waals surface area contributed by atoms with E-state index >= 15 is 0 Å². The third kappa shape index (κ3) is 4.87. The summed E-state index contributed by atoms with van der Waals surface area (Å²) in [6, 6.07) is 16.9. The van der Waals surface area contributed by atoms with Gasteiger partial charge in [0.1, 0.15) is 5.75 Å². The summed E-state index contributed by atoms with van der Waals surface area (Å²) in [6.45, 7) is 0.994. The van der Waals surface area contributed by atoms with Gasteiger partial charge < -0.3 is 10.1 Å². The summed E-state index contributed by atoms with van der Waals surface area (Å²) in [5, 5.41) is 3.31. The van der Waals surface area contributed by atoms with Gasteiger partial charge in [-0.2, -0.15) is 0 Å². The van der Waals surface area contributed by atoms with Crippen LogP contribution in [-0.4, -0.2) is 20.7 Å². The predicted octanol–water partition coefficient (Wildman–Crippen LogP) is 4.08. The highest BCUT2D eigenvalue weighted by Gasteiger charge is 2.13. The average Bonchev–Trinajstić information content (AvgIpc) is 2.50. The van der Waals surface area contributed by atoms with E-state index in [0.29, 0.717) is 5.92 Å². The zero-order valence-electron chi connectivity index (χ0n) is 12.6. The molecule has 0 saturated heterocycles. The van der Waals surface area contributed by atoms with Gasteiger partial charge in [-0.25, -0.2) is 0 Å². The van der Waals surface area contributed by atoms with Crippen molar-refractivity contribution in [2.45, 2.75) is 12.8 Å². The van der Waals surface area contributed by atoms with Crippen molar-refractivity contribution >= 4 is 15.9 Å². The van der Waals surface area contributed by atoms with Gasteiger partial charge in [0.25, 0.3) is 0 Å². The Labute approximate surface area is 135 Å². The molecule has 0 heterocycles. The second-order valence-corrected chi connectivity index (χ2v) is 6.19. The Balaban J connectivity index is 2.09. The zero-order valence-corrected chi connectivity index (χ0v) is 14.2. The van der Waals surface area contributed by atoms with Crippen molar-refractivity contribution in [1.29, 1.82) is 0 Å². The first-order chi connectivity index (χ1) is 10.2. The van der Waals surface area contributed by atoms with Crippen molar-refractivity contribution in [2.24, 2.45) is 5.92 Å². The van der Waals surface area contributed by atoms with Crippen molar-refractivity contribution in [2.75, 3.05) is 20.7 Å². The first-order valence-corrected chi connectivity index (χ1v) is 8.03. The fourth-order valence-corrected chi connectivity index (χ4v) is 2.91. The highest BCUT2D eigenvalue weighted by Crippen LogP contribution is 2.23. The molecule has 2 rings (SSSR count). The standard InChI is InChI=1S/C18H22BrNO/c1-20-13-15(11-14-7-9-17(19)10-8-14)12-16-5-3-4-6-18(16)21-2/h3-10,15,20H,11-13H2,1-2H3. The van der Waals surface area contributed by atoms with E-state index in [2.05, 4.69) is 57.6 Å². The van der Waals surface area contributed by atoms with Gasteiger partial charge in [-0.3, -0.25) is 0 Å². The molecule has 0 spiro atoms. The Bertz CT molecular complexity index is 553. The number of halogens is 1. The van der Waals surface area contributed by atoms with E-state index in [1.54, 1.807) is 7.11 Å². The van der Waals surface area contributed by atoms with Crippen LogP contribution in [0, 0.1) is 5.92 Å². The van der Waals surface area contributed by atoms with Crippen LogP contribution in [0.5, 0.6) is 5.75 Å². The minimum Gasteiger partial charge on any atom is -0.496 e. The van der Waals surface area contributed by atoms with Crippen LogP contribution >= 0.6 is 15.9 Å². The number of para-hydroxylation sites is 1. The monoisotopic (exact) mass is 347 g/mol. The Hall–Kier alpha value is -1.32. The average molecular weight is 348 g/mol. The predicted molar refractivity (Wildman–Crippen MR) is 92.0 cm³/mol. The Morgan fingerprint density at radius 2 is 1.76 bits per heavy atom. The lowest BCUT2D eigenvalue weighted by Crippen LogP contribution is -2.23. The topological polar surface area (TPSA) is 21.3 Å². The van der Waals surface area contributed by atoms with Gasteiger partial charge >= 0.3 is 0 Å². The molecule has 2 aromatic rings. The van der Waals surface area contributed by atoms with Crippen LogP contribution in [0.25, 0.3) is 0 Å². The molecule has 1 atom stereocenters.